The quantitative estimate of drug-likeness (QED) is 0.900. The van der Waals surface area contributed by atoms with Gasteiger partial charge in [-0.15, -0.1) is 0 Å². The van der Waals surface area contributed by atoms with Crippen LogP contribution in [0.3, 0.4) is 0 Å². The first-order chi connectivity index (χ1) is 9.89. The number of rotatable bonds is 3. The van der Waals surface area contributed by atoms with Crippen LogP contribution in [-0.4, -0.2) is 25.1 Å². The molecule has 0 spiro atoms. The number of hydrogen-bond donors (Lipinski definition) is 2. The molecule has 1 fully saturated rings. The topological polar surface area (TPSA) is 36.4 Å². The molecule has 21 heavy (non-hydrogen) atoms. The zero-order chi connectivity index (χ0) is 15.1. The molecule has 1 aromatic carbocycles. The fourth-order valence-electron chi connectivity index (χ4n) is 2.64. The molecule has 1 aliphatic carbocycles. The average molecular weight is 297 g/mol. The molecular weight excluding hydrogens is 279 g/mol. The van der Waals surface area contributed by atoms with Crippen molar-refractivity contribution in [1.29, 1.82) is 0 Å². The lowest BCUT2D eigenvalue weighted by Gasteiger charge is -2.18. The highest BCUT2D eigenvalue weighted by Crippen LogP contribution is 2.48. The van der Waals surface area contributed by atoms with Crippen LogP contribution >= 0.6 is 0 Å². The van der Waals surface area contributed by atoms with Crippen molar-refractivity contribution in [3.8, 4) is 0 Å². The maximum absolute atomic E-state index is 12.6. The molecule has 1 saturated carbocycles. The minimum Gasteiger partial charge on any atom is -0.356 e. The zero-order valence-corrected chi connectivity index (χ0v) is 11.8. The van der Waals surface area contributed by atoms with Crippen molar-refractivity contribution in [3.05, 3.63) is 35.4 Å². The SMILES string of the molecule is CC1CN=C(NCC2(c3ccc(C(F)(F)F)cc3)CC2)N1. The third-order valence-electron chi connectivity index (χ3n) is 4.18. The van der Waals surface area contributed by atoms with Gasteiger partial charge in [0.15, 0.2) is 5.96 Å². The van der Waals surface area contributed by atoms with E-state index in [-0.39, 0.29) is 5.41 Å². The molecule has 1 aliphatic heterocycles. The van der Waals surface area contributed by atoms with Crippen molar-refractivity contribution in [2.45, 2.75) is 37.4 Å². The molecule has 0 saturated heterocycles. The van der Waals surface area contributed by atoms with Crippen LogP contribution in [0.1, 0.15) is 30.9 Å². The first-order valence-electron chi connectivity index (χ1n) is 7.12. The number of aliphatic imine (C=N–C) groups is 1. The molecule has 3 nitrogen and oxygen atoms in total. The van der Waals surface area contributed by atoms with E-state index in [1.807, 2.05) is 0 Å². The molecule has 0 bridgehead atoms. The minimum atomic E-state index is -4.27. The Bertz CT molecular complexity index is 544. The third kappa shape index (κ3) is 2.99. The van der Waals surface area contributed by atoms with E-state index in [0.717, 1.165) is 30.9 Å². The molecule has 0 amide bonds. The van der Waals surface area contributed by atoms with Gasteiger partial charge in [0, 0.05) is 18.0 Å². The Morgan fingerprint density at radius 2 is 1.95 bits per heavy atom. The third-order valence-corrected chi connectivity index (χ3v) is 4.18. The van der Waals surface area contributed by atoms with Crippen LogP contribution < -0.4 is 10.6 Å². The fourth-order valence-corrected chi connectivity index (χ4v) is 2.64. The Labute approximate surface area is 121 Å². The highest BCUT2D eigenvalue weighted by molar-refractivity contribution is 5.81. The normalized spacial score (nSPS) is 23.4. The van der Waals surface area contributed by atoms with Crippen LogP contribution in [0.4, 0.5) is 13.2 Å². The second-order valence-electron chi connectivity index (χ2n) is 5.94. The Morgan fingerprint density at radius 3 is 2.43 bits per heavy atom. The molecule has 0 radical (unpaired) electrons. The van der Waals surface area contributed by atoms with E-state index in [1.54, 1.807) is 12.1 Å². The van der Waals surface area contributed by atoms with Gasteiger partial charge in [-0.2, -0.15) is 13.2 Å². The molecule has 3 rings (SSSR count). The number of nitrogens with zero attached hydrogens (tertiary/aromatic N) is 1. The van der Waals surface area contributed by atoms with Gasteiger partial charge >= 0.3 is 6.18 Å². The summed E-state index contributed by atoms with van der Waals surface area (Å²) in [4.78, 5) is 4.33. The van der Waals surface area contributed by atoms with Crippen LogP contribution in [0.2, 0.25) is 0 Å². The maximum atomic E-state index is 12.6. The van der Waals surface area contributed by atoms with E-state index >= 15 is 0 Å². The molecule has 1 heterocycles. The predicted molar refractivity (Wildman–Crippen MR) is 75.3 cm³/mol. The van der Waals surface area contributed by atoms with Crippen LogP contribution in [0.5, 0.6) is 0 Å². The van der Waals surface area contributed by atoms with Crippen LogP contribution in [0.25, 0.3) is 0 Å². The first kappa shape index (κ1) is 14.2. The Morgan fingerprint density at radius 1 is 1.29 bits per heavy atom. The monoisotopic (exact) mass is 297 g/mol. The number of alkyl halides is 3. The highest BCUT2D eigenvalue weighted by Gasteiger charge is 2.44. The lowest BCUT2D eigenvalue weighted by molar-refractivity contribution is -0.137. The highest BCUT2D eigenvalue weighted by atomic mass is 19.4. The van der Waals surface area contributed by atoms with Gasteiger partial charge in [0.2, 0.25) is 0 Å². The fraction of sp³-hybridized carbons (Fsp3) is 0.533. The van der Waals surface area contributed by atoms with Gasteiger partial charge in [0.05, 0.1) is 12.1 Å². The second-order valence-corrected chi connectivity index (χ2v) is 5.94. The predicted octanol–water partition coefficient (Wildman–Crippen LogP) is 2.67. The summed E-state index contributed by atoms with van der Waals surface area (Å²) < 4.78 is 37.8. The summed E-state index contributed by atoms with van der Waals surface area (Å²) in [5.41, 5.74) is 0.334. The van der Waals surface area contributed by atoms with Gasteiger partial charge in [-0.25, -0.2) is 0 Å². The Hall–Kier alpha value is -1.72. The van der Waals surface area contributed by atoms with E-state index in [9.17, 15) is 13.2 Å². The van der Waals surface area contributed by atoms with Gasteiger partial charge in [-0.3, -0.25) is 4.99 Å². The van der Waals surface area contributed by atoms with Gasteiger partial charge in [-0.1, -0.05) is 12.1 Å². The standard InChI is InChI=1S/C15H18F3N3/c1-10-8-19-13(21-10)20-9-14(6-7-14)11-2-4-12(5-3-11)15(16,17)18/h2-5,10H,6-9H2,1H3,(H2,19,20,21). The summed E-state index contributed by atoms with van der Waals surface area (Å²) in [6.45, 7) is 3.52. The van der Waals surface area contributed by atoms with E-state index in [1.165, 1.54) is 12.1 Å². The first-order valence-corrected chi connectivity index (χ1v) is 7.12. The zero-order valence-electron chi connectivity index (χ0n) is 11.8. The van der Waals surface area contributed by atoms with Crippen LogP contribution in [0.15, 0.2) is 29.3 Å². The summed E-state index contributed by atoms with van der Waals surface area (Å²) in [6.07, 6.45) is -2.28. The van der Waals surface area contributed by atoms with Crippen molar-refractivity contribution in [3.63, 3.8) is 0 Å². The average Bonchev–Trinajstić information content (AvgIpc) is 3.12. The number of halogens is 3. The van der Waals surface area contributed by atoms with Crippen molar-refractivity contribution in [1.82, 2.24) is 10.6 Å². The van der Waals surface area contributed by atoms with E-state index in [2.05, 4.69) is 22.5 Å². The summed E-state index contributed by atoms with van der Waals surface area (Å²) in [5, 5.41) is 6.50. The van der Waals surface area contributed by atoms with Gasteiger partial charge in [-0.05, 0) is 37.5 Å². The lowest BCUT2D eigenvalue weighted by atomic mass is 9.95. The molecule has 1 atom stereocenters. The Balaban J connectivity index is 1.65. The second kappa shape index (κ2) is 4.93. The number of nitrogens with one attached hydrogen (secondary N) is 2. The largest absolute Gasteiger partial charge is 0.416 e. The molecule has 2 aliphatic rings. The van der Waals surface area contributed by atoms with Gasteiger partial charge in [0.1, 0.15) is 0 Å². The van der Waals surface area contributed by atoms with Gasteiger partial charge in [0.25, 0.3) is 0 Å². The maximum Gasteiger partial charge on any atom is 0.416 e. The molecule has 114 valence electrons. The number of guanidine groups is 1. The molecule has 0 aromatic heterocycles. The molecule has 6 heteroatoms. The molecule has 1 aromatic rings. The summed E-state index contributed by atoms with van der Waals surface area (Å²) in [7, 11) is 0. The lowest BCUT2D eigenvalue weighted by Crippen LogP contribution is -2.41. The van der Waals surface area contributed by atoms with E-state index < -0.39 is 11.7 Å². The summed E-state index contributed by atoms with van der Waals surface area (Å²) in [5.74, 6) is 0.792. The van der Waals surface area contributed by atoms with Crippen molar-refractivity contribution < 1.29 is 13.2 Å². The van der Waals surface area contributed by atoms with Gasteiger partial charge < -0.3 is 10.6 Å². The van der Waals surface area contributed by atoms with Crippen LogP contribution in [0, 0.1) is 0 Å². The van der Waals surface area contributed by atoms with Crippen molar-refractivity contribution >= 4 is 5.96 Å². The molecule has 1 unspecified atom stereocenters. The summed E-state index contributed by atoms with van der Waals surface area (Å²) >= 11 is 0. The minimum absolute atomic E-state index is 0.0415. The van der Waals surface area contributed by atoms with Crippen molar-refractivity contribution in [2.24, 2.45) is 4.99 Å². The van der Waals surface area contributed by atoms with E-state index in [0.29, 0.717) is 12.6 Å². The number of hydrogen-bond acceptors (Lipinski definition) is 3. The molecular formula is C15H18F3N3. The smallest absolute Gasteiger partial charge is 0.356 e. The van der Waals surface area contributed by atoms with Crippen LogP contribution in [-0.2, 0) is 11.6 Å². The molecule has 2 N–H and O–H groups in total. The summed E-state index contributed by atoms with van der Waals surface area (Å²) in [6, 6.07) is 5.88. The van der Waals surface area contributed by atoms with E-state index in [4.69, 9.17) is 0 Å². The number of benzene rings is 1. The Kier molecular flexibility index (Phi) is 3.34. The van der Waals surface area contributed by atoms with Crippen molar-refractivity contribution in [2.75, 3.05) is 13.1 Å².